The average molecular weight is 456 g/mol. The topological polar surface area (TPSA) is 120 Å². The predicted octanol–water partition coefficient (Wildman–Crippen LogP) is 1.75. The van der Waals surface area contributed by atoms with Gasteiger partial charge in [0.15, 0.2) is 5.69 Å². The van der Waals surface area contributed by atoms with Crippen molar-refractivity contribution in [1.82, 2.24) is 9.55 Å². The van der Waals surface area contributed by atoms with Crippen molar-refractivity contribution in [3.05, 3.63) is 86.8 Å². The van der Waals surface area contributed by atoms with E-state index in [1.54, 1.807) is 6.07 Å². The van der Waals surface area contributed by atoms with Gasteiger partial charge in [-0.15, -0.1) is 0 Å². The summed E-state index contributed by atoms with van der Waals surface area (Å²) in [6.07, 6.45) is -0.114. The molecule has 1 heterocycles. The minimum absolute atomic E-state index is 0.0338. The van der Waals surface area contributed by atoms with Crippen LogP contribution in [-0.4, -0.2) is 42.3 Å². The molecule has 2 aromatic carbocycles. The van der Waals surface area contributed by atoms with E-state index in [2.05, 4.69) is 4.98 Å². The minimum Gasteiger partial charge on any atom is -0.493 e. The van der Waals surface area contributed by atoms with Crippen LogP contribution in [0.4, 0.5) is 15.9 Å². The average Bonchev–Trinajstić information content (AvgIpc) is 2.79. The number of rotatable bonds is 10. The molecule has 1 amide bonds. The Balaban J connectivity index is 1.86. The lowest BCUT2D eigenvalue weighted by Crippen LogP contribution is -2.43. The molecule has 0 aliphatic carbocycles. The summed E-state index contributed by atoms with van der Waals surface area (Å²) >= 11 is 0. The third-order valence-electron chi connectivity index (χ3n) is 4.87. The number of carbonyl (C=O) groups excluding carboxylic acids is 1. The molecule has 3 rings (SSSR count). The van der Waals surface area contributed by atoms with Gasteiger partial charge in [-0.2, -0.15) is 0 Å². The summed E-state index contributed by atoms with van der Waals surface area (Å²) in [6, 6.07) is 14.6. The third kappa shape index (κ3) is 6.07. The van der Waals surface area contributed by atoms with Crippen molar-refractivity contribution in [2.75, 3.05) is 37.5 Å². The number of halogens is 1. The summed E-state index contributed by atoms with van der Waals surface area (Å²) in [6.45, 7) is 0.233. The number of amides is 1. The van der Waals surface area contributed by atoms with Crippen LogP contribution in [0.3, 0.4) is 0 Å². The van der Waals surface area contributed by atoms with Crippen LogP contribution in [0.1, 0.15) is 12.0 Å². The van der Waals surface area contributed by atoms with Gasteiger partial charge in [0.05, 0.1) is 26.2 Å². The zero-order valence-corrected chi connectivity index (χ0v) is 18.1. The van der Waals surface area contributed by atoms with E-state index in [1.807, 2.05) is 30.3 Å². The molecular formula is C23H25FN4O5. The standard InChI is InChI=1S/C23H25FN4O5/c1-32-13-11-27(19(29)10-12-33-18-9-5-8-17(24)14-18)20-21(25)28(23(31)26-22(20)30)15-16-6-3-2-4-7-16/h2-9,14H,10-13,15,25H2,1H3,(H,26,30,31). The number of benzene rings is 2. The van der Waals surface area contributed by atoms with Crippen LogP contribution in [0, 0.1) is 5.82 Å². The zero-order valence-electron chi connectivity index (χ0n) is 18.1. The first-order chi connectivity index (χ1) is 15.9. The maximum Gasteiger partial charge on any atom is 0.330 e. The lowest BCUT2D eigenvalue weighted by atomic mass is 10.2. The SMILES string of the molecule is COCCN(C(=O)CCOc1cccc(F)c1)c1c(N)n(Cc2ccccc2)c(=O)[nH]c1=O. The number of hydrogen-bond acceptors (Lipinski definition) is 6. The highest BCUT2D eigenvalue weighted by molar-refractivity contribution is 5.95. The van der Waals surface area contributed by atoms with Gasteiger partial charge >= 0.3 is 5.69 Å². The van der Waals surface area contributed by atoms with Crippen molar-refractivity contribution >= 4 is 17.4 Å². The molecule has 174 valence electrons. The first-order valence-electron chi connectivity index (χ1n) is 10.2. The number of hydrogen-bond donors (Lipinski definition) is 2. The Morgan fingerprint density at radius 3 is 2.58 bits per heavy atom. The Bertz CT molecular complexity index is 1210. The van der Waals surface area contributed by atoms with E-state index in [9.17, 15) is 18.8 Å². The number of nitrogens with zero attached hydrogens (tertiary/aromatic N) is 2. The first kappa shape index (κ1) is 23.7. The van der Waals surface area contributed by atoms with Crippen LogP contribution >= 0.6 is 0 Å². The fraction of sp³-hybridized carbons (Fsp3) is 0.261. The molecule has 0 saturated carbocycles. The maximum absolute atomic E-state index is 13.3. The molecule has 0 bridgehead atoms. The minimum atomic E-state index is -0.780. The molecule has 33 heavy (non-hydrogen) atoms. The molecule has 0 aliphatic rings. The Morgan fingerprint density at radius 1 is 1.12 bits per heavy atom. The van der Waals surface area contributed by atoms with Crippen molar-refractivity contribution in [2.24, 2.45) is 0 Å². The normalized spacial score (nSPS) is 10.7. The highest BCUT2D eigenvalue weighted by atomic mass is 19.1. The number of carbonyl (C=O) groups is 1. The van der Waals surface area contributed by atoms with E-state index in [-0.39, 0.29) is 50.0 Å². The second kappa shape index (κ2) is 11.1. The lowest BCUT2D eigenvalue weighted by molar-refractivity contribution is -0.119. The summed E-state index contributed by atoms with van der Waals surface area (Å²) in [5, 5.41) is 0. The molecule has 0 fully saturated rings. The van der Waals surface area contributed by atoms with E-state index in [4.69, 9.17) is 15.2 Å². The quantitative estimate of drug-likeness (QED) is 0.480. The molecule has 0 saturated heterocycles. The lowest BCUT2D eigenvalue weighted by Gasteiger charge is -2.24. The second-order valence-corrected chi connectivity index (χ2v) is 7.16. The summed E-state index contributed by atoms with van der Waals surface area (Å²) in [5.74, 6) is -0.783. The molecule has 9 nitrogen and oxygen atoms in total. The highest BCUT2D eigenvalue weighted by Crippen LogP contribution is 2.19. The summed E-state index contributed by atoms with van der Waals surface area (Å²) in [4.78, 5) is 41.5. The van der Waals surface area contributed by atoms with E-state index in [0.717, 1.165) is 5.56 Å². The summed E-state index contributed by atoms with van der Waals surface area (Å²) < 4.78 is 25.0. The van der Waals surface area contributed by atoms with Gasteiger partial charge in [0.2, 0.25) is 5.91 Å². The van der Waals surface area contributed by atoms with E-state index in [0.29, 0.717) is 0 Å². The second-order valence-electron chi connectivity index (χ2n) is 7.16. The van der Waals surface area contributed by atoms with E-state index in [1.165, 1.54) is 34.8 Å². The number of nitrogens with two attached hydrogens (primary N) is 1. The molecule has 0 unspecified atom stereocenters. The van der Waals surface area contributed by atoms with Crippen LogP contribution in [0.25, 0.3) is 0 Å². The number of H-pyrrole nitrogens is 1. The Hall–Kier alpha value is -3.92. The first-order valence-corrected chi connectivity index (χ1v) is 10.2. The smallest absolute Gasteiger partial charge is 0.330 e. The van der Waals surface area contributed by atoms with E-state index >= 15 is 0 Å². The number of anilines is 2. The number of nitrogen functional groups attached to an aromatic ring is 1. The van der Waals surface area contributed by atoms with Gasteiger partial charge in [-0.25, -0.2) is 9.18 Å². The fourth-order valence-corrected chi connectivity index (χ4v) is 3.25. The van der Waals surface area contributed by atoms with Gasteiger partial charge in [0, 0.05) is 19.7 Å². The maximum atomic E-state index is 13.3. The number of aromatic nitrogens is 2. The highest BCUT2D eigenvalue weighted by Gasteiger charge is 2.24. The number of methoxy groups -OCH3 is 1. The van der Waals surface area contributed by atoms with Crippen LogP contribution in [-0.2, 0) is 16.1 Å². The monoisotopic (exact) mass is 456 g/mol. The van der Waals surface area contributed by atoms with E-state index < -0.39 is 23.0 Å². The molecule has 1 aromatic heterocycles. The molecular weight excluding hydrogens is 431 g/mol. The van der Waals surface area contributed by atoms with Gasteiger partial charge in [-0.1, -0.05) is 36.4 Å². The van der Waals surface area contributed by atoms with Crippen molar-refractivity contribution in [3.63, 3.8) is 0 Å². The largest absolute Gasteiger partial charge is 0.493 e. The molecule has 0 aliphatic heterocycles. The summed E-state index contributed by atoms with van der Waals surface area (Å²) in [7, 11) is 1.46. The van der Waals surface area contributed by atoms with Crippen LogP contribution in [0.15, 0.2) is 64.2 Å². The molecule has 3 aromatic rings. The van der Waals surface area contributed by atoms with Crippen molar-refractivity contribution < 1.29 is 18.7 Å². The van der Waals surface area contributed by atoms with Gasteiger partial charge in [0.25, 0.3) is 5.56 Å². The summed E-state index contributed by atoms with van der Waals surface area (Å²) in [5.41, 5.74) is 5.41. The van der Waals surface area contributed by atoms with Gasteiger partial charge < -0.3 is 20.1 Å². The Morgan fingerprint density at radius 2 is 1.88 bits per heavy atom. The molecule has 10 heteroatoms. The van der Waals surface area contributed by atoms with Crippen LogP contribution in [0.5, 0.6) is 5.75 Å². The molecule has 0 spiro atoms. The van der Waals surface area contributed by atoms with Gasteiger partial charge in [0.1, 0.15) is 17.4 Å². The van der Waals surface area contributed by atoms with Crippen molar-refractivity contribution in [1.29, 1.82) is 0 Å². The molecule has 0 radical (unpaired) electrons. The third-order valence-corrected chi connectivity index (χ3v) is 4.87. The Kier molecular flexibility index (Phi) is 7.98. The predicted molar refractivity (Wildman–Crippen MR) is 122 cm³/mol. The Labute approximate surface area is 189 Å². The fourth-order valence-electron chi connectivity index (χ4n) is 3.25. The van der Waals surface area contributed by atoms with Crippen molar-refractivity contribution in [2.45, 2.75) is 13.0 Å². The number of ether oxygens (including phenoxy) is 2. The van der Waals surface area contributed by atoms with Gasteiger partial charge in [-0.05, 0) is 17.7 Å². The zero-order chi connectivity index (χ0) is 23.8. The molecule has 0 atom stereocenters. The van der Waals surface area contributed by atoms with Crippen LogP contribution in [0.2, 0.25) is 0 Å². The number of aromatic amines is 1. The van der Waals surface area contributed by atoms with Gasteiger partial charge in [-0.3, -0.25) is 19.1 Å². The molecule has 3 N–H and O–H groups in total. The van der Waals surface area contributed by atoms with Crippen molar-refractivity contribution in [3.8, 4) is 5.75 Å². The number of nitrogens with one attached hydrogen (secondary N) is 1. The van der Waals surface area contributed by atoms with Crippen LogP contribution < -0.4 is 26.6 Å².